The van der Waals surface area contributed by atoms with Crippen LogP contribution >= 0.6 is 0 Å². The summed E-state index contributed by atoms with van der Waals surface area (Å²) in [6.07, 6.45) is -9.71. The zero-order valence-electron chi connectivity index (χ0n) is 17.2. The minimum atomic E-state index is -5.01. The minimum absolute atomic E-state index is 0.204. The molecule has 0 spiro atoms. The number of carbonyl (C=O) groups is 1. The quantitative estimate of drug-likeness (QED) is 0.362. The smallest absolute Gasteiger partial charge is 0.420 e. The van der Waals surface area contributed by atoms with Crippen molar-refractivity contribution in [1.82, 2.24) is 0 Å². The summed E-state index contributed by atoms with van der Waals surface area (Å²) in [5.41, 5.74) is -3.26. The fourth-order valence-corrected chi connectivity index (χ4v) is 3.20. The van der Waals surface area contributed by atoms with E-state index in [1.54, 1.807) is 4.90 Å². The summed E-state index contributed by atoms with van der Waals surface area (Å²) in [6, 6.07) is 4.47. The van der Waals surface area contributed by atoms with Crippen molar-refractivity contribution in [3.05, 3.63) is 57.6 Å². The fourth-order valence-electron chi connectivity index (χ4n) is 3.20. The summed E-state index contributed by atoms with van der Waals surface area (Å²) < 4.78 is 89.4. The van der Waals surface area contributed by atoms with Gasteiger partial charge in [0.05, 0.1) is 35.1 Å². The van der Waals surface area contributed by atoms with Crippen LogP contribution in [0.5, 0.6) is 5.75 Å². The Morgan fingerprint density at radius 1 is 1.06 bits per heavy atom. The van der Waals surface area contributed by atoms with Gasteiger partial charge in [0, 0.05) is 25.2 Å². The van der Waals surface area contributed by atoms with Crippen LogP contribution in [0.3, 0.4) is 0 Å². The molecule has 2 aromatic rings. The molecule has 1 saturated heterocycles. The van der Waals surface area contributed by atoms with Crippen molar-refractivity contribution in [2.24, 2.45) is 0 Å². The van der Waals surface area contributed by atoms with Crippen molar-refractivity contribution in [3.8, 4) is 5.75 Å². The van der Waals surface area contributed by atoms with E-state index in [1.807, 2.05) is 0 Å². The van der Waals surface area contributed by atoms with E-state index in [4.69, 9.17) is 9.47 Å². The van der Waals surface area contributed by atoms with Crippen molar-refractivity contribution >= 4 is 23.0 Å². The van der Waals surface area contributed by atoms with Crippen LogP contribution in [-0.2, 0) is 21.9 Å². The van der Waals surface area contributed by atoms with E-state index in [2.05, 4.69) is 5.32 Å². The molecule has 0 unspecified atom stereocenters. The van der Waals surface area contributed by atoms with Gasteiger partial charge in [-0.15, -0.1) is 0 Å². The van der Waals surface area contributed by atoms with Crippen LogP contribution in [0.2, 0.25) is 0 Å². The molecule has 0 aromatic heterocycles. The van der Waals surface area contributed by atoms with E-state index in [0.29, 0.717) is 32.4 Å². The third kappa shape index (κ3) is 6.07. The molecule has 0 atom stereocenters. The highest BCUT2D eigenvalue weighted by molar-refractivity contribution is 5.95. The van der Waals surface area contributed by atoms with E-state index < -0.39 is 52.4 Å². The molecule has 2 aromatic carbocycles. The molecule has 0 aliphatic carbocycles. The lowest BCUT2D eigenvalue weighted by Crippen LogP contribution is -2.37. The summed E-state index contributed by atoms with van der Waals surface area (Å²) in [4.78, 5) is 23.8. The first kappa shape index (κ1) is 25.1. The van der Waals surface area contributed by atoms with E-state index in [-0.39, 0.29) is 17.4 Å². The highest BCUT2D eigenvalue weighted by atomic mass is 19.4. The number of halogens is 6. The lowest BCUT2D eigenvalue weighted by atomic mass is 10.1. The Morgan fingerprint density at radius 3 is 2.32 bits per heavy atom. The second-order valence-corrected chi connectivity index (χ2v) is 7.10. The average molecular weight is 493 g/mol. The molecule has 14 heteroatoms. The van der Waals surface area contributed by atoms with Gasteiger partial charge in [0.1, 0.15) is 11.3 Å². The van der Waals surface area contributed by atoms with E-state index in [1.165, 1.54) is 6.07 Å². The number of amides is 1. The number of anilines is 2. The van der Waals surface area contributed by atoms with E-state index in [0.717, 1.165) is 18.2 Å². The van der Waals surface area contributed by atoms with Crippen LogP contribution in [0.15, 0.2) is 36.4 Å². The zero-order chi connectivity index (χ0) is 25.1. The third-order valence-electron chi connectivity index (χ3n) is 4.79. The molecule has 1 aliphatic heterocycles. The molecule has 8 nitrogen and oxygen atoms in total. The van der Waals surface area contributed by atoms with Crippen LogP contribution in [0.25, 0.3) is 0 Å². The van der Waals surface area contributed by atoms with Gasteiger partial charge in [-0.2, -0.15) is 26.3 Å². The highest BCUT2D eigenvalue weighted by Crippen LogP contribution is 2.39. The molecule has 0 saturated carbocycles. The Labute approximate surface area is 188 Å². The van der Waals surface area contributed by atoms with Gasteiger partial charge in [-0.1, -0.05) is 0 Å². The van der Waals surface area contributed by atoms with Crippen molar-refractivity contribution in [1.29, 1.82) is 0 Å². The SMILES string of the molecule is O=C(COc1ccc([N+](=O)[O-])cc1C(F)(F)F)Nc1cc(C(F)(F)F)ccc1N1CCOCC1. The Hall–Kier alpha value is -3.55. The van der Waals surface area contributed by atoms with Gasteiger partial charge >= 0.3 is 12.4 Å². The van der Waals surface area contributed by atoms with Gasteiger partial charge in [-0.05, 0) is 24.3 Å². The molecule has 0 bridgehead atoms. The van der Waals surface area contributed by atoms with Crippen LogP contribution in [-0.4, -0.2) is 43.7 Å². The Morgan fingerprint density at radius 2 is 1.74 bits per heavy atom. The lowest BCUT2D eigenvalue weighted by molar-refractivity contribution is -0.385. The molecule has 1 N–H and O–H groups in total. The van der Waals surface area contributed by atoms with Gasteiger partial charge in [-0.3, -0.25) is 14.9 Å². The van der Waals surface area contributed by atoms with Gasteiger partial charge in [0.15, 0.2) is 6.61 Å². The molecule has 0 radical (unpaired) electrons. The van der Waals surface area contributed by atoms with E-state index >= 15 is 0 Å². The molecule has 1 amide bonds. The summed E-state index contributed by atoms with van der Waals surface area (Å²) in [5, 5.41) is 13.0. The maximum Gasteiger partial charge on any atom is 0.420 e. The van der Waals surface area contributed by atoms with Gasteiger partial charge in [0.25, 0.3) is 11.6 Å². The van der Waals surface area contributed by atoms with Crippen molar-refractivity contribution in [2.45, 2.75) is 12.4 Å². The molecule has 3 rings (SSSR count). The number of rotatable bonds is 6. The molecule has 1 heterocycles. The first-order valence-corrected chi connectivity index (χ1v) is 9.68. The number of benzene rings is 2. The van der Waals surface area contributed by atoms with Gasteiger partial charge < -0.3 is 19.7 Å². The van der Waals surface area contributed by atoms with Crippen LogP contribution in [0.1, 0.15) is 11.1 Å². The maximum atomic E-state index is 13.3. The molecule has 1 aliphatic rings. The number of hydrogen-bond donors (Lipinski definition) is 1. The second-order valence-electron chi connectivity index (χ2n) is 7.10. The summed E-state index contributed by atoms with van der Waals surface area (Å²) in [7, 11) is 0. The van der Waals surface area contributed by atoms with Crippen LogP contribution in [0.4, 0.5) is 43.4 Å². The Bertz CT molecular complexity index is 1070. The Balaban J connectivity index is 1.81. The zero-order valence-corrected chi connectivity index (χ0v) is 17.2. The topological polar surface area (TPSA) is 93.9 Å². The predicted octanol–water partition coefficient (Wildman–Crippen LogP) is 4.49. The van der Waals surface area contributed by atoms with Gasteiger partial charge in [0.2, 0.25) is 0 Å². The maximum absolute atomic E-state index is 13.3. The van der Waals surface area contributed by atoms with Crippen LogP contribution < -0.4 is 15.0 Å². The normalized spacial score (nSPS) is 14.6. The molecular formula is C20H17F6N3O5. The highest BCUT2D eigenvalue weighted by Gasteiger charge is 2.36. The number of nitro groups is 1. The first-order valence-electron chi connectivity index (χ1n) is 9.68. The third-order valence-corrected chi connectivity index (χ3v) is 4.79. The van der Waals surface area contributed by atoms with Gasteiger partial charge in [-0.25, -0.2) is 0 Å². The number of nitrogens with one attached hydrogen (secondary N) is 1. The summed E-state index contributed by atoms with van der Waals surface area (Å²) in [5.74, 6) is -1.87. The number of hydrogen-bond acceptors (Lipinski definition) is 6. The molecule has 34 heavy (non-hydrogen) atoms. The largest absolute Gasteiger partial charge is 0.483 e. The minimum Gasteiger partial charge on any atom is -0.483 e. The molecule has 184 valence electrons. The number of ether oxygens (including phenoxy) is 2. The number of alkyl halides is 6. The molecular weight excluding hydrogens is 476 g/mol. The lowest BCUT2D eigenvalue weighted by Gasteiger charge is -2.31. The standard InChI is InChI=1S/C20H17F6N3O5/c21-19(22,23)12-1-3-16(28-5-7-33-8-6-28)15(9-12)27-18(30)11-34-17-4-2-13(29(31)32)10-14(17)20(24,25)26/h1-4,9-10H,5-8,11H2,(H,27,30). The van der Waals surface area contributed by atoms with Crippen molar-refractivity contribution in [2.75, 3.05) is 43.1 Å². The molecule has 1 fully saturated rings. The monoisotopic (exact) mass is 493 g/mol. The first-order chi connectivity index (χ1) is 15.9. The summed E-state index contributed by atoms with van der Waals surface area (Å²) >= 11 is 0. The number of nitro benzene ring substituents is 1. The average Bonchev–Trinajstić information content (AvgIpc) is 2.77. The Kier molecular flexibility index (Phi) is 7.19. The van der Waals surface area contributed by atoms with E-state index in [9.17, 15) is 41.3 Å². The number of non-ortho nitro benzene ring substituents is 1. The second kappa shape index (κ2) is 9.75. The predicted molar refractivity (Wildman–Crippen MR) is 107 cm³/mol. The number of carbonyl (C=O) groups excluding carboxylic acids is 1. The number of nitrogens with zero attached hydrogens (tertiary/aromatic N) is 2. The van der Waals surface area contributed by atoms with Crippen molar-refractivity contribution in [3.63, 3.8) is 0 Å². The summed E-state index contributed by atoms with van der Waals surface area (Å²) in [6.45, 7) is 0.348. The number of morpholine rings is 1. The fraction of sp³-hybridized carbons (Fsp3) is 0.350. The van der Waals surface area contributed by atoms with Crippen molar-refractivity contribution < 1.29 is 45.5 Å². The van der Waals surface area contributed by atoms with Crippen LogP contribution in [0, 0.1) is 10.1 Å².